The van der Waals surface area contributed by atoms with Crippen molar-refractivity contribution in [3.05, 3.63) is 18.3 Å². The molecule has 1 rings (SSSR count). The minimum Gasteiger partial charge on any atom is -0.464 e. The Labute approximate surface area is 79.8 Å². The Morgan fingerprint density at radius 1 is 1.77 bits per heavy atom. The van der Waals surface area contributed by atoms with E-state index in [9.17, 15) is 4.79 Å². The van der Waals surface area contributed by atoms with E-state index in [2.05, 4.69) is 25.4 Å². The standard InChI is InChI=1S/C7H9N3O2S/c1-3-4-8-6-5(7(11)12-2)9-13-10-6/h3H,1,4H2,2H3,(H,8,10). The predicted molar refractivity (Wildman–Crippen MR) is 49.9 cm³/mol. The zero-order valence-corrected chi connectivity index (χ0v) is 7.93. The number of methoxy groups -OCH3 is 1. The summed E-state index contributed by atoms with van der Waals surface area (Å²) < 4.78 is 12.2. The molecule has 0 amide bonds. The van der Waals surface area contributed by atoms with Crippen molar-refractivity contribution in [2.75, 3.05) is 19.0 Å². The minimum absolute atomic E-state index is 0.217. The lowest BCUT2D eigenvalue weighted by Gasteiger charge is -1.99. The Bertz CT molecular complexity index is 310. The molecule has 0 unspecified atom stereocenters. The summed E-state index contributed by atoms with van der Waals surface area (Å²) in [6.45, 7) is 4.07. The van der Waals surface area contributed by atoms with Crippen LogP contribution in [0.3, 0.4) is 0 Å². The van der Waals surface area contributed by atoms with Crippen LogP contribution in [0.1, 0.15) is 10.5 Å². The monoisotopic (exact) mass is 199 g/mol. The van der Waals surface area contributed by atoms with Gasteiger partial charge in [-0.25, -0.2) is 4.79 Å². The summed E-state index contributed by atoms with van der Waals surface area (Å²) in [6.07, 6.45) is 1.67. The van der Waals surface area contributed by atoms with Gasteiger partial charge in [0.2, 0.25) is 5.69 Å². The number of hydrogen-bond acceptors (Lipinski definition) is 6. The molecule has 0 radical (unpaired) electrons. The van der Waals surface area contributed by atoms with Crippen LogP contribution in [0.15, 0.2) is 12.7 Å². The van der Waals surface area contributed by atoms with Crippen molar-refractivity contribution in [1.29, 1.82) is 0 Å². The maximum Gasteiger partial charge on any atom is 0.361 e. The van der Waals surface area contributed by atoms with E-state index >= 15 is 0 Å². The van der Waals surface area contributed by atoms with E-state index in [-0.39, 0.29) is 5.69 Å². The van der Waals surface area contributed by atoms with Gasteiger partial charge in [-0.1, -0.05) is 6.08 Å². The third-order valence-electron chi connectivity index (χ3n) is 1.28. The van der Waals surface area contributed by atoms with Gasteiger partial charge in [0.25, 0.3) is 0 Å². The molecule has 0 aliphatic carbocycles. The van der Waals surface area contributed by atoms with Gasteiger partial charge in [0.15, 0.2) is 5.82 Å². The molecule has 0 atom stereocenters. The van der Waals surface area contributed by atoms with Crippen LogP contribution < -0.4 is 5.32 Å². The van der Waals surface area contributed by atoms with E-state index in [0.29, 0.717) is 12.4 Å². The molecule has 0 fully saturated rings. The second-order valence-electron chi connectivity index (χ2n) is 2.12. The Kier molecular flexibility index (Phi) is 3.39. The number of anilines is 1. The number of carbonyl (C=O) groups excluding carboxylic acids is 1. The fourth-order valence-corrected chi connectivity index (χ4v) is 1.22. The van der Waals surface area contributed by atoms with Gasteiger partial charge >= 0.3 is 5.97 Å². The van der Waals surface area contributed by atoms with E-state index in [1.54, 1.807) is 6.08 Å². The first-order valence-electron chi connectivity index (χ1n) is 3.55. The van der Waals surface area contributed by atoms with Crippen LogP contribution in [-0.4, -0.2) is 28.4 Å². The Morgan fingerprint density at radius 3 is 3.15 bits per heavy atom. The van der Waals surface area contributed by atoms with Gasteiger partial charge in [0.05, 0.1) is 18.8 Å². The normalized spacial score (nSPS) is 9.31. The molecule has 0 aromatic carbocycles. The molecule has 0 spiro atoms. The SMILES string of the molecule is C=CCNc1nsnc1C(=O)OC. The van der Waals surface area contributed by atoms with E-state index < -0.39 is 5.97 Å². The van der Waals surface area contributed by atoms with E-state index in [4.69, 9.17) is 0 Å². The molecule has 1 heterocycles. The molecule has 0 bridgehead atoms. The van der Waals surface area contributed by atoms with Crippen LogP contribution in [-0.2, 0) is 4.74 Å². The van der Waals surface area contributed by atoms with Crippen LogP contribution in [0, 0.1) is 0 Å². The topological polar surface area (TPSA) is 64.1 Å². The zero-order chi connectivity index (χ0) is 9.68. The van der Waals surface area contributed by atoms with Crippen LogP contribution in [0.2, 0.25) is 0 Å². The lowest BCUT2D eigenvalue weighted by Crippen LogP contribution is -2.07. The molecule has 70 valence electrons. The quantitative estimate of drug-likeness (QED) is 0.577. The van der Waals surface area contributed by atoms with Gasteiger partial charge in [-0.05, 0) is 0 Å². The number of hydrogen-bond donors (Lipinski definition) is 1. The lowest BCUT2D eigenvalue weighted by molar-refractivity contribution is 0.0596. The number of esters is 1. The molecular weight excluding hydrogens is 190 g/mol. The highest BCUT2D eigenvalue weighted by Crippen LogP contribution is 2.12. The summed E-state index contributed by atoms with van der Waals surface area (Å²) in [6, 6.07) is 0. The van der Waals surface area contributed by atoms with Gasteiger partial charge in [-0.3, -0.25) is 0 Å². The van der Waals surface area contributed by atoms with Gasteiger partial charge in [-0.2, -0.15) is 8.75 Å². The van der Waals surface area contributed by atoms with Crippen LogP contribution in [0.5, 0.6) is 0 Å². The second kappa shape index (κ2) is 4.56. The third kappa shape index (κ3) is 2.25. The highest BCUT2D eigenvalue weighted by molar-refractivity contribution is 6.99. The van der Waals surface area contributed by atoms with Crippen LogP contribution in [0.4, 0.5) is 5.82 Å². The maximum atomic E-state index is 11.1. The molecule has 13 heavy (non-hydrogen) atoms. The summed E-state index contributed by atoms with van der Waals surface area (Å²) in [5, 5.41) is 2.88. The highest BCUT2D eigenvalue weighted by atomic mass is 32.1. The first-order chi connectivity index (χ1) is 6.29. The molecule has 0 saturated carbocycles. The van der Waals surface area contributed by atoms with Gasteiger partial charge < -0.3 is 10.1 Å². The summed E-state index contributed by atoms with van der Waals surface area (Å²) >= 11 is 0.963. The van der Waals surface area contributed by atoms with Crippen molar-refractivity contribution in [2.45, 2.75) is 0 Å². The average Bonchev–Trinajstić information content (AvgIpc) is 2.61. The molecule has 0 aliphatic rings. The number of nitrogens with zero attached hydrogens (tertiary/aromatic N) is 2. The average molecular weight is 199 g/mol. The molecule has 1 aromatic heterocycles. The summed E-state index contributed by atoms with van der Waals surface area (Å²) in [5.74, 6) is -0.0444. The van der Waals surface area contributed by atoms with Gasteiger partial charge in [0, 0.05) is 6.54 Å². The van der Waals surface area contributed by atoms with Crippen molar-refractivity contribution in [3.63, 3.8) is 0 Å². The largest absolute Gasteiger partial charge is 0.464 e. The molecule has 1 N–H and O–H groups in total. The first-order valence-corrected chi connectivity index (χ1v) is 4.28. The van der Waals surface area contributed by atoms with Crippen molar-refractivity contribution in [1.82, 2.24) is 8.75 Å². The number of ether oxygens (including phenoxy) is 1. The number of rotatable bonds is 4. The Hall–Kier alpha value is -1.43. The van der Waals surface area contributed by atoms with Gasteiger partial charge in [0.1, 0.15) is 0 Å². The number of nitrogens with one attached hydrogen (secondary N) is 1. The Balaban J connectivity index is 2.76. The highest BCUT2D eigenvalue weighted by Gasteiger charge is 2.15. The molecule has 1 aromatic rings. The fourth-order valence-electron chi connectivity index (χ4n) is 0.704. The Morgan fingerprint density at radius 2 is 2.54 bits per heavy atom. The van der Waals surface area contributed by atoms with Crippen molar-refractivity contribution in [2.24, 2.45) is 0 Å². The molecule has 0 saturated heterocycles. The smallest absolute Gasteiger partial charge is 0.361 e. The third-order valence-corrected chi connectivity index (χ3v) is 1.81. The number of aromatic nitrogens is 2. The van der Waals surface area contributed by atoms with E-state index in [1.165, 1.54) is 7.11 Å². The van der Waals surface area contributed by atoms with Crippen molar-refractivity contribution in [3.8, 4) is 0 Å². The summed E-state index contributed by atoms with van der Waals surface area (Å²) in [7, 11) is 1.30. The van der Waals surface area contributed by atoms with Crippen molar-refractivity contribution >= 4 is 23.5 Å². The molecule has 5 nitrogen and oxygen atoms in total. The van der Waals surface area contributed by atoms with E-state index in [0.717, 1.165) is 11.7 Å². The first kappa shape index (κ1) is 9.66. The zero-order valence-electron chi connectivity index (χ0n) is 7.11. The van der Waals surface area contributed by atoms with Gasteiger partial charge in [-0.15, -0.1) is 6.58 Å². The molecular formula is C7H9N3O2S. The fraction of sp³-hybridized carbons (Fsp3) is 0.286. The molecule has 0 aliphatic heterocycles. The second-order valence-corrected chi connectivity index (χ2v) is 2.65. The van der Waals surface area contributed by atoms with E-state index in [1.807, 2.05) is 0 Å². The minimum atomic E-state index is -0.486. The number of carbonyl (C=O) groups is 1. The van der Waals surface area contributed by atoms with Crippen molar-refractivity contribution < 1.29 is 9.53 Å². The molecule has 6 heteroatoms. The van der Waals surface area contributed by atoms with Crippen LogP contribution >= 0.6 is 11.7 Å². The van der Waals surface area contributed by atoms with Crippen LogP contribution in [0.25, 0.3) is 0 Å². The predicted octanol–water partition coefficient (Wildman–Crippen LogP) is 0.923. The summed E-state index contributed by atoms with van der Waals surface area (Å²) in [5.41, 5.74) is 0.217. The lowest BCUT2D eigenvalue weighted by atomic mass is 10.4. The summed E-state index contributed by atoms with van der Waals surface area (Å²) in [4.78, 5) is 11.1. The maximum absolute atomic E-state index is 11.1.